The topological polar surface area (TPSA) is 41.5 Å². The van der Waals surface area contributed by atoms with Gasteiger partial charge in [0.05, 0.1) is 12.7 Å². The fourth-order valence-corrected chi connectivity index (χ4v) is 1.62. The molecular formula is C9H19NO2. The van der Waals surface area contributed by atoms with Gasteiger partial charge in [0.25, 0.3) is 0 Å². The average molecular weight is 173 g/mol. The summed E-state index contributed by atoms with van der Waals surface area (Å²) in [5.41, 5.74) is 0. The van der Waals surface area contributed by atoms with E-state index in [1.165, 1.54) is 12.8 Å². The molecule has 0 saturated carbocycles. The number of hydrogen-bond acceptors (Lipinski definition) is 3. The number of nitrogens with one attached hydrogen (secondary N) is 1. The molecule has 1 aliphatic rings. The molecule has 2 unspecified atom stereocenters. The van der Waals surface area contributed by atoms with Crippen LogP contribution < -0.4 is 5.32 Å². The molecule has 0 aromatic carbocycles. The third-order valence-corrected chi connectivity index (χ3v) is 2.25. The summed E-state index contributed by atoms with van der Waals surface area (Å²) in [6.07, 6.45) is 3.92. The number of hydrogen-bond donors (Lipinski definition) is 2. The number of aliphatic hydroxyl groups is 1. The Labute approximate surface area is 74.1 Å². The summed E-state index contributed by atoms with van der Waals surface area (Å²) in [4.78, 5) is 0. The molecule has 1 saturated heterocycles. The molecule has 1 aliphatic heterocycles. The first-order valence-electron chi connectivity index (χ1n) is 4.78. The maximum absolute atomic E-state index is 8.58. The number of rotatable bonds is 5. The van der Waals surface area contributed by atoms with Gasteiger partial charge in [0, 0.05) is 19.2 Å². The lowest BCUT2D eigenvalue weighted by Crippen LogP contribution is -2.31. The Balaban J connectivity index is 2.03. The molecule has 1 heterocycles. The second kappa shape index (κ2) is 5.51. The molecule has 0 radical (unpaired) electrons. The van der Waals surface area contributed by atoms with Crippen LogP contribution in [-0.2, 0) is 4.74 Å². The second-order valence-electron chi connectivity index (χ2n) is 3.45. The first-order chi connectivity index (χ1) is 5.83. The molecule has 0 bridgehead atoms. The number of ether oxygens (including phenoxy) is 1. The lowest BCUT2D eigenvalue weighted by molar-refractivity contribution is 0.0957. The molecule has 0 aromatic rings. The highest BCUT2D eigenvalue weighted by Gasteiger charge is 2.17. The van der Waals surface area contributed by atoms with Crippen molar-refractivity contribution in [3.63, 3.8) is 0 Å². The Hall–Kier alpha value is -0.120. The Kier molecular flexibility index (Phi) is 4.58. The van der Waals surface area contributed by atoms with Gasteiger partial charge in [-0.25, -0.2) is 0 Å². The van der Waals surface area contributed by atoms with Gasteiger partial charge in [0.1, 0.15) is 0 Å². The van der Waals surface area contributed by atoms with Crippen LogP contribution in [0.3, 0.4) is 0 Å². The summed E-state index contributed by atoms with van der Waals surface area (Å²) in [6.45, 7) is 3.97. The van der Waals surface area contributed by atoms with Crippen LogP contribution in [0.15, 0.2) is 0 Å². The minimum atomic E-state index is 0.218. The van der Waals surface area contributed by atoms with Gasteiger partial charge >= 0.3 is 0 Å². The lowest BCUT2D eigenvalue weighted by Gasteiger charge is -2.16. The van der Waals surface area contributed by atoms with Gasteiger partial charge in [0.2, 0.25) is 0 Å². The lowest BCUT2D eigenvalue weighted by atomic mass is 10.1. The van der Waals surface area contributed by atoms with Crippen molar-refractivity contribution in [1.29, 1.82) is 0 Å². The van der Waals surface area contributed by atoms with Crippen molar-refractivity contribution in [3.8, 4) is 0 Å². The normalized spacial score (nSPS) is 26.0. The molecule has 3 nitrogen and oxygen atoms in total. The minimum Gasteiger partial charge on any atom is -0.395 e. The molecule has 0 aliphatic carbocycles. The van der Waals surface area contributed by atoms with E-state index >= 15 is 0 Å². The first kappa shape index (κ1) is 9.96. The highest BCUT2D eigenvalue weighted by atomic mass is 16.5. The predicted molar refractivity (Wildman–Crippen MR) is 48.1 cm³/mol. The van der Waals surface area contributed by atoms with Crippen molar-refractivity contribution in [2.24, 2.45) is 0 Å². The van der Waals surface area contributed by atoms with E-state index in [9.17, 15) is 0 Å². The van der Waals surface area contributed by atoms with Gasteiger partial charge in [-0.3, -0.25) is 0 Å². The Morgan fingerprint density at radius 1 is 1.67 bits per heavy atom. The monoisotopic (exact) mass is 173 g/mol. The van der Waals surface area contributed by atoms with Crippen LogP contribution >= 0.6 is 0 Å². The molecule has 1 fully saturated rings. The maximum atomic E-state index is 8.58. The molecule has 12 heavy (non-hydrogen) atoms. The van der Waals surface area contributed by atoms with E-state index in [2.05, 4.69) is 12.2 Å². The van der Waals surface area contributed by atoms with Crippen molar-refractivity contribution in [3.05, 3.63) is 0 Å². The molecule has 1 rings (SSSR count). The van der Waals surface area contributed by atoms with E-state index in [-0.39, 0.29) is 6.61 Å². The van der Waals surface area contributed by atoms with E-state index < -0.39 is 0 Å². The van der Waals surface area contributed by atoms with Crippen LogP contribution in [0, 0.1) is 0 Å². The van der Waals surface area contributed by atoms with E-state index in [1.54, 1.807) is 0 Å². The largest absolute Gasteiger partial charge is 0.395 e. The Morgan fingerprint density at radius 3 is 3.08 bits per heavy atom. The van der Waals surface area contributed by atoms with Gasteiger partial charge in [-0.05, 0) is 26.2 Å². The second-order valence-corrected chi connectivity index (χ2v) is 3.45. The SMILES string of the molecule is CC(CC1CCCO1)NCCO. The zero-order valence-corrected chi connectivity index (χ0v) is 7.75. The Bertz CT molecular complexity index is 113. The molecule has 0 spiro atoms. The van der Waals surface area contributed by atoms with Gasteiger partial charge in [0.15, 0.2) is 0 Å². The fraction of sp³-hybridized carbons (Fsp3) is 1.00. The van der Waals surface area contributed by atoms with Crippen molar-refractivity contribution < 1.29 is 9.84 Å². The Morgan fingerprint density at radius 2 is 2.50 bits per heavy atom. The quantitative estimate of drug-likeness (QED) is 0.637. The van der Waals surface area contributed by atoms with Gasteiger partial charge in [-0.15, -0.1) is 0 Å². The van der Waals surface area contributed by atoms with Crippen LogP contribution in [0.4, 0.5) is 0 Å². The highest BCUT2D eigenvalue weighted by molar-refractivity contribution is 4.71. The summed E-state index contributed by atoms with van der Waals surface area (Å²) in [7, 11) is 0. The fourth-order valence-electron chi connectivity index (χ4n) is 1.62. The highest BCUT2D eigenvalue weighted by Crippen LogP contribution is 2.16. The van der Waals surface area contributed by atoms with E-state index in [0.717, 1.165) is 13.0 Å². The molecule has 72 valence electrons. The smallest absolute Gasteiger partial charge is 0.0590 e. The minimum absolute atomic E-state index is 0.218. The average Bonchev–Trinajstić information content (AvgIpc) is 2.53. The summed E-state index contributed by atoms with van der Waals surface area (Å²) in [6, 6.07) is 0.459. The van der Waals surface area contributed by atoms with Crippen LogP contribution in [0.5, 0.6) is 0 Å². The summed E-state index contributed by atoms with van der Waals surface area (Å²) in [5, 5.41) is 11.8. The molecular weight excluding hydrogens is 154 g/mol. The summed E-state index contributed by atoms with van der Waals surface area (Å²) in [5.74, 6) is 0. The van der Waals surface area contributed by atoms with Gasteiger partial charge in [-0.1, -0.05) is 0 Å². The molecule has 2 atom stereocenters. The predicted octanol–water partition coefficient (Wildman–Crippen LogP) is 0.526. The third kappa shape index (κ3) is 3.52. The standard InChI is InChI=1S/C9H19NO2/c1-8(10-4-5-11)7-9-3-2-6-12-9/h8-11H,2-7H2,1H3. The summed E-state index contributed by atoms with van der Waals surface area (Å²) < 4.78 is 5.50. The molecule has 2 N–H and O–H groups in total. The number of aliphatic hydroxyl groups excluding tert-OH is 1. The van der Waals surface area contributed by atoms with E-state index in [0.29, 0.717) is 18.7 Å². The van der Waals surface area contributed by atoms with E-state index in [1.807, 2.05) is 0 Å². The maximum Gasteiger partial charge on any atom is 0.0590 e. The zero-order chi connectivity index (χ0) is 8.81. The van der Waals surface area contributed by atoms with Crippen molar-refractivity contribution in [2.45, 2.75) is 38.3 Å². The molecule has 0 amide bonds. The zero-order valence-electron chi connectivity index (χ0n) is 7.75. The van der Waals surface area contributed by atoms with Crippen molar-refractivity contribution in [1.82, 2.24) is 5.32 Å². The molecule has 0 aromatic heterocycles. The summed E-state index contributed by atoms with van der Waals surface area (Å²) >= 11 is 0. The van der Waals surface area contributed by atoms with Crippen LogP contribution in [0.25, 0.3) is 0 Å². The van der Waals surface area contributed by atoms with Gasteiger partial charge < -0.3 is 15.2 Å². The first-order valence-corrected chi connectivity index (χ1v) is 4.78. The van der Waals surface area contributed by atoms with Crippen LogP contribution in [-0.4, -0.2) is 37.0 Å². The van der Waals surface area contributed by atoms with Gasteiger partial charge in [-0.2, -0.15) is 0 Å². The van der Waals surface area contributed by atoms with Crippen LogP contribution in [0.2, 0.25) is 0 Å². The molecule has 3 heteroatoms. The van der Waals surface area contributed by atoms with Crippen LogP contribution in [0.1, 0.15) is 26.2 Å². The third-order valence-electron chi connectivity index (χ3n) is 2.25. The van der Waals surface area contributed by atoms with Crippen molar-refractivity contribution in [2.75, 3.05) is 19.8 Å². The van der Waals surface area contributed by atoms with Crippen molar-refractivity contribution >= 4 is 0 Å². The van der Waals surface area contributed by atoms with E-state index in [4.69, 9.17) is 9.84 Å².